The van der Waals surface area contributed by atoms with Gasteiger partial charge in [0.05, 0.1) is 13.2 Å². The van der Waals surface area contributed by atoms with Gasteiger partial charge in [-0.15, -0.1) is 0 Å². The normalized spacial score (nSPS) is 11.4. The van der Waals surface area contributed by atoms with E-state index in [1.54, 1.807) is 48.2 Å². The minimum absolute atomic E-state index is 0.156. The van der Waals surface area contributed by atoms with Gasteiger partial charge in [-0.2, -0.15) is 0 Å². The molecule has 8 nitrogen and oxygen atoms in total. The van der Waals surface area contributed by atoms with Gasteiger partial charge in [0, 0.05) is 19.6 Å². The van der Waals surface area contributed by atoms with E-state index >= 15 is 0 Å². The van der Waals surface area contributed by atoms with Crippen LogP contribution in [-0.4, -0.2) is 61.1 Å². The Labute approximate surface area is 227 Å². The molecular weight excluding hydrogens is 505 g/mol. The molecule has 1 unspecified atom stereocenters. The number of carboxylic acid groups (broad SMARTS) is 1. The van der Waals surface area contributed by atoms with Gasteiger partial charge in [0.25, 0.3) is 0 Å². The van der Waals surface area contributed by atoms with Crippen molar-refractivity contribution in [2.75, 3.05) is 32.9 Å². The molecule has 0 saturated carbocycles. The van der Waals surface area contributed by atoms with Crippen LogP contribution in [0.1, 0.15) is 24.5 Å². The van der Waals surface area contributed by atoms with Gasteiger partial charge in [0.15, 0.2) is 6.10 Å². The number of benzene rings is 3. The summed E-state index contributed by atoms with van der Waals surface area (Å²) in [5.74, 6) is -0.185. The number of ether oxygens (including phenoxy) is 4. The standard InChI is InChI=1S/C30H34FNO7/c1-2-36-28(29(33)34)21-23-9-13-26(14-10-23)38-20-18-32(30(35)39-22-24-7-4-3-5-8-24)17-6-19-37-27-15-11-25(31)12-16-27/h3-5,7-16,28H,2,6,17-22H2,1H3,(H,33,34). The maximum Gasteiger partial charge on any atom is 0.410 e. The second-order valence-corrected chi connectivity index (χ2v) is 8.66. The third-order valence-electron chi connectivity index (χ3n) is 5.74. The second-order valence-electron chi connectivity index (χ2n) is 8.66. The van der Waals surface area contributed by atoms with Crippen LogP contribution in [0.3, 0.4) is 0 Å². The van der Waals surface area contributed by atoms with E-state index in [4.69, 9.17) is 18.9 Å². The van der Waals surface area contributed by atoms with Crippen molar-refractivity contribution in [3.8, 4) is 11.5 Å². The summed E-state index contributed by atoms with van der Waals surface area (Å²) in [4.78, 5) is 25.7. The molecule has 9 heteroatoms. The third kappa shape index (κ3) is 10.6. The molecule has 3 rings (SSSR count). The van der Waals surface area contributed by atoms with Gasteiger partial charge < -0.3 is 29.0 Å². The summed E-state index contributed by atoms with van der Waals surface area (Å²) in [7, 11) is 0. The Balaban J connectivity index is 1.50. The lowest BCUT2D eigenvalue weighted by Crippen LogP contribution is -2.36. The summed E-state index contributed by atoms with van der Waals surface area (Å²) in [5, 5.41) is 9.27. The molecule has 208 valence electrons. The van der Waals surface area contributed by atoms with Crippen molar-refractivity contribution in [3.63, 3.8) is 0 Å². The number of carbonyl (C=O) groups is 2. The lowest BCUT2D eigenvalue weighted by atomic mass is 10.1. The van der Waals surface area contributed by atoms with Crippen molar-refractivity contribution >= 4 is 12.1 Å². The minimum Gasteiger partial charge on any atom is -0.494 e. The molecule has 0 aromatic heterocycles. The van der Waals surface area contributed by atoms with Crippen LogP contribution in [0.4, 0.5) is 9.18 Å². The van der Waals surface area contributed by atoms with E-state index in [1.165, 1.54) is 12.1 Å². The maximum atomic E-state index is 13.1. The molecule has 3 aromatic rings. The Morgan fingerprint density at radius 1 is 0.846 bits per heavy atom. The highest BCUT2D eigenvalue weighted by Crippen LogP contribution is 2.15. The number of halogens is 1. The molecule has 0 saturated heterocycles. The number of nitrogens with zero attached hydrogens (tertiary/aromatic N) is 1. The van der Waals surface area contributed by atoms with Crippen LogP contribution >= 0.6 is 0 Å². The second kappa shape index (κ2) is 16.0. The Morgan fingerprint density at radius 2 is 1.49 bits per heavy atom. The SMILES string of the molecule is CCOC(Cc1ccc(OCCN(CCCOc2ccc(F)cc2)C(=O)OCc2ccccc2)cc1)C(=O)O. The topological polar surface area (TPSA) is 94.5 Å². The van der Waals surface area contributed by atoms with Crippen molar-refractivity contribution < 1.29 is 38.0 Å². The van der Waals surface area contributed by atoms with Crippen molar-refractivity contribution in [3.05, 3.63) is 95.8 Å². The smallest absolute Gasteiger partial charge is 0.410 e. The largest absolute Gasteiger partial charge is 0.494 e. The van der Waals surface area contributed by atoms with Gasteiger partial charge >= 0.3 is 12.1 Å². The average molecular weight is 540 g/mol. The Hall–Kier alpha value is -4.11. The molecule has 0 aliphatic rings. The first-order valence-electron chi connectivity index (χ1n) is 12.8. The molecule has 0 aliphatic heterocycles. The summed E-state index contributed by atoms with van der Waals surface area (Å²) in [6, 6.07) is 22.3. The predicted molar refractivity (Wildman–Crippen MR) is 143 cm³/mol. The lowest BCUT2D eigenvalue weighted by Gasteiger charge is -2.22. The van der Waals surface area contributed by atoms with Crippen molar-refractivity contribution in [2.24, 2.45) is 0 Å². The Morgan fingerprint density at radius 3 is 2.13 bits per heavy atom. The van der Waals surface area contributed by atoms with E-state index in [0.717, 1.165) is 11.1 Å². The van der Waals surface area contributed by atoms with Crippen LogP contribution in [0, 0.1) is 5.82 Å². The first-order valence-corrected chi connectivity index (χ1v) is 12.8. The monoisotopic (exact) mass is 539 g/mol. The number of hydrogen-bond acceptors (Lipinski definition) is 6. The molecule has 0 bridgehead atoms. The number of aliphatic carboxylic acids is 1. The Bertz CT molecular complexity index is 1140. The average Bonchev–Trinajstić information content (AvgIpc) is 2.95. The number of carboxylic acids is 1. The number of rotatable bonds is 16. The van der Waals surface area contributed by atoms with Crippen molar-refractivity contribution in [1.82, 2.24) is 4.90 Å². The molecule has 1 atom stereocenters. The van der Waals surface area contributed by atoms with E-state index in [1.807, 2.05) is 30.3 Å². The fourth-order valence-corrected chi connectivity index (χ4v) is 3.71. The lowest BCUT2D eigenvalue weighted by molar-refractivity contribution is -0.149. The Kier molecular flexibility index (Phi) is 12.1. The highest BCUT2D eigenvalue weighted by molar-refractivity contribution is 5.72. The van der Waals surface area contributed by atoms with E-state index in [2.05, 4.69) is 0 Å². The molecule has 1 amide bonds. The number of amides is 1. The molecular formula is C30H34FNO7. The summed E-state index contributed by atoms with van der Waals surface area (Å²) >= 11 is 0. The van der Waals surface area contributed by atoms with Gasteiger partial charge in [-0.3, -0.25) is 0 Å². The van der Waals surface area contributed by atoms with Crippen LogP contribution in [0.5, 0.6) is 11.5 Å². The van der Waals surface area contributed by atoms with Gasteiger partial charge in [-0.25, -0.2) is 14.0 Å². The van der Waals surface area contributed by atoms with Gasteiger partial charge in [-0.1, -0.05) is 42.5 Å². The minimum atomic E-state index is -1.00. The van der Waals surface area contributed by atoms with Crippen LogP contribution in [-0.2, 0) is 27.3 Å². The molecule has 1 N–H and O–H groups in total. The first kappa shape index (κ1) is 29.4. The summed E-state index contributed by atoms with van der Waals surface area (Å²) in [6.45, 7) is 3.48. The third-order valence-corrected chi connectivity index (χ3v) is 5.74. The van der Waals surface area contributed by atoms with E-state index in [0.29, 0.717) is 37.7 Å². The number of hydrogen-bond donors (Lipinski definition) is 1. The molecule has 39 heavy (non-hydrogen) atoms. The fraction of sp³-hybridized carbons (Fsp3) is 0.333. The summed E-state index contributed by atoms with van der Waals surface area (Å²) < 4.78 is 35.3. The van der Waals surface area contributed by atoms with Crippen molar-refractivity contribution in [1.29, 1.82) is 0 Å². The zero-order valence-corrected chi connectivity index (χ0v) is 22.0. The maximum absolute atomic E-state index is 13.1. The highest BCUT2D eigenvalue weighted by atomic mass is 19.1. The molecule has 0 heterocycles. The zero-order valence-electron chi connectivity index (χ0n) is 22.0. The van der Waals surface area contributed by atoms with E-state index in [-0.39, 0.29) is 32.0 Å². The highest BCUT2D eigenvalue weighted by Gasteiger charge is 2.18. The summed E-state index contributed by atoms with van der Waals surface area (Å²) in [6.07, 6.45) is -0.568. The summed E-state index contributed by atoms with van der Waals surface area (Å²) in [5.41, 5.74) is 1.70. The number of carbonyl (C=O) groups excluding carboxylic acids is 1. The zero-order chi connectivity index (χ0) is 27.9. The van der Waals surface area contributed by atoms with Crippen molar-refractivity contribution in [2.45, 2.75) is 32.5 Å². The fourth-order valence-electron chi connectivity index (χ4n) is 3.71. The van der Waals surface area contributed by atoms with Gasteiger partial charge in [0.1, 0.15) is 30.5 Å². The van der Waals surface area contributed by atoms with Gasteiger partial charge in [0.2, 0.25) is 0 Å². The molecule has 0 radical (unpaired) electrons. The van der Waals surface area contributed by atoms with Crippen LogP contribution < -0.4 is 9.47 Å². The molecule has 0 spiro atoms. The predicted octanol–water partition coefficient (Wildman–Crippen LogP) is 5.34. The van der Waals surface area contributed by atoms with Gasteiger partial charge in [-0.05, 0) is 60.9 Å². The van der Waals surface area contributed by atoms with Crippen LogP contribution in [0.2, 0.25) is 0 Å². The molecule has 0 aliphatic carbocycles. The van der Waals surface area contributed by atoms with Crippen LogP contribution in [0.25, 0.3) is 0 Å². The molecule has 0 fully saturated rings. The first-order chi connectivity index (χ1) is 18.9. The van der Waals surface area contributed by atoms with E-state index < -0.39 is 18.2 Å². The quantitative estimate of drug-likeness (QED) is 0.246. The molecule has 3 aromatic carbocycles. The van der Waals surface area contributed by atoms with Crippen LogP contribution in [0.15, 0.2) is 78.9 Å². The van der Waals surface area contributed by atoms with E-state index in [9.17, 15) is 19.1 Å².